The molecule has 0 heterocycles. The van der Waals surface area contributed by atoms with E-state index >= 15 is 0 Å². The second-order valence-electron chi connectivity index (χ2n) is 1.67. The molecule has 2 heteroatoms. The predicted octanol–water partition coefficient (Wildman–Crippen LogP) is 2.21. The van der Waals surface area contributed by atoms with Gasteiger partial charge in [0.1, 0.15) is 0 Å². The molecule has 1 nitrogen and oxygen atoms in total. The minimum absolute atomic E-state index is 0.0988. The van der Waals surface area contributed by atoms with Crippen molar-refractivity contribution in [1.82, 2.24) is 0 Å². The lowest BCUT2D eigenvalue weighted by atomic mass is 10.3. The number of allylic oxidation sites excluding steroid dienone is 1. The van der Waals surface area contributed by atoms with Gasteiger partial charge in [-0.2, -0.15) is 0 Å². The lowest BCUT2D eigenvalue weighted by Crippen LogP contribution is -2.10. The van der Waals surface area contributed by atoms with Crippen LogP contribution in [-0.4, -0.2) is 18.6 Å². The number of hydrogen-bond acceptors (Lipinski definition) is 1. The fourth-order valence-corrected chi connectivity index (χ4v) is 0.772. The van der Waals surface area contributed by atoms with Crippen LogP contribution in [-0.2, 0) is 4.74 Å². The van der Waals surface area contributed by atoms with Gasteiger partial charge in [-0.25, -0.2) is 0 Å². The number of rotatable bonds is 4. The molecule has 1 atom stereocenters. The maximum atomic E-state index is 5.55. The average Bonchev–Trinajstić information content (AvgIpc) is 1.88. The Labute approximate surface area is 61.7 Å². The molecule has 0 saturated heterocycles. The van der Waals surface area contributed by atoms with Gasteiger partial charge in [0.25, 0.3) is 0 Å². The molecular formula is C7H13ClO. The quantitative estimate of drug-likeness (QED) is 0.439. The largest absolute Gasteiger partial charge is 0.373 e. The van der Waals surface area contributed by atoms with Gasteiger partial charge in [0.05, 0.1) is 12.0 Å². The van der Waals surface area contributed by atoms with E-state index in [1.54, 1.807) is 0 Å². The lowest BCUT2D eigenvalue weighted by Gasteiger charge is -2.06. The van der Waals surface area contributed by atoms with Crippen molar-refractivity contribution in [3.05, 3.63) is 12.2 Å². The second-order valence-corrected chi connectivity index (χ2v) is 1.98. The Kier molecular flexibility index (Phi) is 6.11. The summed E-state index contributed by atoms with van der Waals surface area (Å²) in [5.74, 6) is 0.540. The molecule has 0 spiro atoms. The van der Waals surface area contributed by atoms with Crippen molar-refractivity contribution in [1.29, 1.82) is 0 Å². The van der Waals surface area contributed by atoms with E-state index in [2.05, 4.69) is 0 Å². The molecule has 0 rings (SSSR count). The van der Waals surface area contributed by atoms with Crippen molar-refractivity contribution in [3.63, 3.8) is 0 Å². The summed E-state index contributed by atoms with van der Waals surface area (Å²) in [6, 6.07) is 0. The monoisotopic (exact) mass is 148 g/mol. The van der Waals surface area contributed by atoms with Crippen LogP contribution < -0.4 is 0 Å². The first-order valence-corrected chi connectivity index (χ1v) is 3.69. The predicted molar refractivity (Wildman–Crippen MR) is 40.9 cm³/mol. The highest BCUT2D eigenvalue weighted by Crippen LogP contribution is 1.96. The van der Waals surface area contributed by atoms with E-state index in [-0.39, 0.29) is 6.10 Å². The van der Waals surface area contributed by atoms with Crippen molar-refractivity contribution >= 4 is 11.6 Å². The highest BCUT2D eigenvalue weighted by atomic mass is 35.5. The molecule has 0 saturated carbocycles. The lowest BCUT2D eigenvalue weighted by molar-refractivity contribution is 0.112. The molecule has 1 unspecified atom stereocenters. The zero-order valence-electron chi connectivity index (χ0n) is 5.93. The normalized spacial score (nSPS) is 14.6. The molecule has 54 valence electrons. The summed E-state index contributed by atoms with van der Waals surface area (Å²) >= 11 is 5.55. The number of hydrogen-bond donors (Lipinski definition) is 0. The van der Waals surface area contributed by atoms with Crippen LogP contribution in [0.5, 0.6) is 0 Å². The summed E-state index contributed by atoms with van der Waals surface area (Å²) in [6.07, 6.45) is 4.00. The van der Waals surface area contributed by atoms with Crippen LogP contribution in [0.2, 0.25) is 0 Å². The van der Waals surface area contributed by atoms with E-state index in [0.717, 1.165) is 6.61 Å². The van der Waals surface area contributed by atoms with Gasteiger partial charge in [0.15, 0.2) is 0 Å². The van der Waals surface area contributed by atoms with E-state index < -0.39 is 0 Å². The number of halogens is 1. The summed E-state index contributed by atoms with van der Waals surface area (Å²) in [6.45, 7) is 4.64. The third kappa shape index (κ3) is 4.49. The van der Waals surface area contributed by atoms with Gasteiger partial charge in [-0.05, 0) is 13.8 Å². The van der Waals surface area contributed by atoms with E-state index in [1.807, 2.05) is 26.0 Å². The summed E-state index contributed by atoms with van der Waals surface area (Å²) in [5, 5.41) is 0. The molecule has 0 radical (unpaired) electrons. The Morgan fingerprint density at radius 3 is 2.67 bits per heavy atom. The third-order valence-electron chi connectivity index (χ3n) is 0.940. The van der Waals surface area contributed by atoms with Gasteiger partial charge in [-0.3, -0.25) is 0 Å². The van der Waals surface area contributed by atoms with Crippen LogP contribution in [0.1, 0.15) is 13.8 Å². The molecule has 0 aromatic heterocycles. The number of alkyl halides is 1. The molecule has 0 aromatic rings. The standard InChI is InChI=1S/C7H13ClO/c1-3-5-7(6-8)9-4-2/h3,5,7H,4,6H2,1-2H3/b5-3+. The van der Waals surface area contributed by atoms with E-state index in [9.17, 15) is 0 Å². The molecular weight excluding hydrogens is 136 g/mol. The topological polar surface area (TPSA) is 9.23 Å². The average molecular weight is 149 g/mol. The highest BCUT2D eigenvalue weighted by Gasteiger charge is 1.98. The first-order chi connectivity index (χ1) is 4.35. The SMILES string of the molecule is C/C=C/C(CCl)OCC. The minimum Gasteiger partial charge on any atom is -0.373 e. The van der Waals surface area contributed by atoms with Crippen LogP contribution in [0.25, 0.3) is 0 Å². The molecule has 0 aliphatic carbocycles. The fourth-order valence-electron chi connectivity index (χ4n) is 0.580. The Morgan fingerprint density at radius 2 is 2.33 bits per heavy atom. The van der Waals surface area contributed by atoms with Crippen LogP contribution >= 0.6 is 11.6 Å². The van der Waals surface area contributed by atoms with Crippen molar-refractivity contribution in [2.45, 2.75) is 20.0 Å². The zero-order valence-corrected chi connectivity index (χ0v) is 6.69. The van der Waals surface area contributed by atoms with Gasteiger partial charge in [-0.1, -0.05) is 12.2 Å². The Bertz CT molecular complexity index is 81.0. The van der Waals surface area contributed by atoms with Gasteiger partial charge in [-0.15, -0.1) is 11.6 Å². The van der Waals surface area contributed by atoms with E-state index in [0.29, 0.717) is 5.88 Å². The smallest absolute Gasteiger partial charge is 0.0890 e. The van der Waals surface area contributed by atoms with Crippen molar-refractivity contribution < 1.29 is 4.74 Å². The number of ether oxygens (including phenoxy) is 1. The van der Waals surface area contributed by atoms with Crippen molar-refractivity contribution in [2.24, 2.45) is 0 Å². The first kappa shape index (κ1) is 8.99. The zero-order chi connectivity index (χ0) is 7.11. The molecule has 0 aromatic carbocycles. The highest BCUT2D eigenvalue weighted by molar-refractivity contribution is 6.18. The molecule has 0 aliphatic rings. The summed E-state index contributed by atoms with van der Waals surface area (Å²) in [5.41, 5.74) is 0. The third-order valence-corrected chi connectivity index (χ3v) is 1.24. The summed E-state index contributed by atoms with van der Waals surface area (Å²) in [4.78, 5) is 0. The molecule has 9 heavy (non-hydrogen) atoms. The van der Waals surface area contributed by atoms with Crippen LogP contribution in [0.3, 0.4) is 0 Å². The van der Waals surface area contributed by atoms with E-state index in [4.69, 9.17) is 16.3 Å². The summed E-state index contributed by atoms with van der Waals surface area (Å²) < 4.78 is 5.21. The molecule has 0 bridgehead atoms. The Hall–Kier alpha value is -0.0100. The van der Waals surface area contributed by atoms with Gasteiger partial charge < -0.3 is 4.74 Å². The van der Waals surface area contributed by atoms with Gasteiger partial charge in [0.2, 0.25) is 0 Å². The first-order valence-electron chi connectivity index (χ1n) is 3.15. The Morgan fingerprint density at radius 1 is 1.67 bits per heavy atom. The molecule has 0 N–H and O–H groups in total. The Balaban J connectivity index is 3.41. The maximum Gasteiger partial charge on any atom is 0.0890 e. The van der Waals surface area contributed by atoms with Crippen molar-refractivity contribution in [3.8, 4) is 0 Å². The second kappa shape index (κ2) is 6.12. The van der Waals surface area contributed by atoms with E-state index in [1.165, 1.54) is 0 Å². The van der Waals surface area contributed by atoms with Crippen LogP contribution in [0.15, 0.2) is 12.2 Å². The maximum absolute atomic E-state index is 5.55. The van der Waals surface area contributed by atoms with Gasteiger partial charge >= 0.3 is 0 Å². The van der Waals surface area contributed by atoms with Crippen LogP contribution in [0.4, 0.5) is 0 Å². The van der Waals surface area contributed by atoms with Gasteiger partial charge in [0, 0.05) is 6.61 Å². The molecule has 0 amide bonds. The molecule has 0 aliphatic heterocycles. The van der Waals surface area contributed by atoms with Crippen LogP contribution in [0, 0.1) is 0 Å². The fraction of sp³-hybridized carbons (Fsp3) is 0.714. The molecule has 0 fully saturated rings. The minimum atomic E-state index is 0.0988. The summed E-state index contributed by atoms with van der Waals surface area (Å²) in [7, 11) is 0. The van der Waals surface area contributed by atoms with Crippen molar-refractivity contribution in [2.75, 3.05) is 12.5 Å².